The number of benzene rings is 7. The quantitative estimate of drug-likeness (QED) is 0.175. The topological polar surface area (TPSA) is 60.8 Å². The Morgan fingerprint density at radius 1 is 0.390 bits per heavy atom. The molecule has 1 atom stereocenters. The molecule has 5 nitrogen and oxygen atoms in total. The van der Waals surface area contributed by atoms with Crippen molar-refractivity contribution in [1.82, 2.24) is 19.9 Å². The predicted octanol–water partition coefficient (Wildman–Crippen LogP) is 13.0. The number of hydrogen-bond donors (Lipinski definition) is 0. The lowest BCUT2D eigenvalue weighted by molar-refractivity contribution is 0.436. The first-order valence-electron chi connectivity index (χ1n) is 20.0. The fourth-order valence-corrected chi connectivity index (χ4v) is 9.28. The van der Waals surface area contributed by atoms with Crippen LogP contribution in [-0.2, 0) is 5.41 Å². The van der Waals surface area contributed by atoms with Crippen LogP contribution in [0.25, 0.3) is 67.3 Å². The van der Waals surface area contributed by atoms with E-state index in [1.54, 1.807) is 0 Å². The smallest absolute Gasteiger partial charge is 0.164 e. The second-order valence-corrected chi connectivity index (χ2v) is 15.5. The van der Waals surface area contributed by atoms with Crippen molar-refractivity contribution in [3.63, 3.8) is 0 Å². The molecule has 59 heavy (non-hydrogen) atoms. The van der Waals surface area contributed by atoms with Crippen LogP contribution >= 0.6 is 0 Å². The molecule has 5 heteroatoms. The van der Waals surface area contributed by atoms with Crippen LogP contribution in [0.3, 0.4) is 0 Å². The highest BCUT2D eigenvalue weighted by Crippen LogP contribution is 2.62. The zero-order valence-electron chi connectivity index (χ0n) is 32.9. The molecular formula is C54H38N4O. The van der Waals surface area contributed by atoms with Crippen LogP contribution in [0.15, 0.2) is 176 Å². The maximum Gasteiger partial charge on any atom is 0.164 e. The number of hydrogen-bond acceptors (Lipinski definition) is 5. The Bertz CT molecular complexity index is 3120. The summed E-state index contributed by atoms with van der Waals surface area (Å²) in [6.07, 6.45) is 1.92. The zero-order chi connectivity index (χ0) is 39.7. The lowest BCUT2D eigenvalue weighted by Crippen LogP contribution is -2.32. The summed E-state index contributed by atoms with van der Waals surface area (Å²) in [5.74, 6) is 3.69. The van der Waals surface area contributed by atoms with Crippen molar-refractivity contribution in [3.05, 3.63) is 215 Å². The van der Waals surface area contributed by atoms with Crippen LogP contribution in [-0.4, -0.2) is 19.9 Å². The Balaban J connectivity index is 1.04. The van der Waals surface area contributed by atoms with E-state index < -0.39 is 5.41 Å². The van der Waals surface area contributed by atoms with Crippen LogP contribution in [0.2, 0.25) is 0 Å². The van der Waals surface area contributed by atoms with Crippen LogP contribution < -0.4 is 4.74 Å². The number of ether oxygens (including phenoxy) is 1. The summed E-state index contributed by atoms with van der Waals surface area (Å²) in [5, 5.41) is 0. The minimum Gasteiger partial charge on any atom is -0.457 e. The van der Waals surface area contributed by atoms with E-state index in [2.05, 4.69) is 177 Å². The molecule has 0 saturated carbocycles. The minimum absolute atomic E-state index is 0.596. The number of fused-ring (bicyclic) bond motifs is 9. The normalized spacial score (nSPS) is 14.6. The number of rotatable bonds is 5. The molecule has 0 radical (unpaired) electrons. The second-order valence-electron chi connectivity index (χ2n) is 15.5. The van der Waals surface area contributed by atoms with Crippen LogP contribution in [0.1, 0.15) is 39.3 Å². The van der Waals surface area contributed by atoms with Crippen molar-refractivity contribution in [1.29, 1.82) is 0 Å². The predicted molar refractivity (Wildman–Crippen MR) is 236 cm³/mol. The van der Waals surface area contributed by atoms with Crippen LogP contribution in [0.4, 0.5) is 0 Å². The molecule has 0 bridgehead atoms. The molecule has 0 fully saturated rings. The average Bonchev–Trinajstić information content (AvgIpc) is 3.57. The molecule has 11 rings (SSSR count). The van der Waals surface area contributed by atoms with Gasteiger partial charge in [-0.2, -0.15) is 0 Å². The molecule has 1 aliphatic carbocycles. The van der Waals surface area contributed by atoms with Gasteiger partial charge in [-0.05, 0) is 101 Å². The molecule has 2 aromatic heterocycles. The van der Waals surface area contributed by atoms with Gasteiger partial charge < -0.3 is 4.74 Å². The summed E-state index contributed by atoms with van der Waals surface area (Å²) in [5.41, 5.74) is 17.3. The first-order chi connectivity index (χ1) is 29.0. The summed E-state index contributed by atoms with van der Waals surface area (Å²) in [7, 11) is 0. The largest absolute Gasteiger partial charge is 0.457 e. The Hall–Kier alpha value is -7.50. The first-order valence-corrected chi connectivity index (χ1v) is 20.0. The average molecular weight is 759 g/mol. The fraction of sp³-hybridized carbons (Fsp3) is 0.0741. The highest BCUT2D eigenvalue weighted by molar-refractivity contribution is 5.91. The molecule has 1 unspecified atom stereocenters. The Morgan fingerprint density at radius 3 is 1.81 bits per heavy atom. The molecule has 3 heterocycles. The third kappa shape index (κ3) is 5.53. The highest BCUT2D eigenvalue weighted by atomic mass is 16.5. The van der Waals surface area contributed by atoms with Crippen molar-refractivity contribution < 1.29 is 4.74 Å². The van der Waals surface area contributed by atoms with Gasteiger partial charge in [0.25, 0.3) is 0 Å². The summed E-state index contributed by atoms with van der Waals surface area (Å²) in [4.78, 5) is 19.5. The van der Waals surface area contributed by atoms with Crippen LogP contribution in [0, 0.1) is 20.8 Å². The van der Waals surface area contributed by atoms with E-state index in [-0.39, 0.29) is 0 Å². The van der Waals surface area contributed by atoms with Gasteiger partial charge in [0.05, 0.1) is 5.41 Å². The Kier molecular flexibility index (Phi) is 7.99. The third-order valence-electron chi connectivity index (χ3n) is 12.0. The van der Waals surface area contributed by atoms with Crippen molar-refractivity contribution in [3.8, 4) is 78.8 Å². The molecule has 1 spiro atoms. The second kappa shape index (κ2) is 13.6. The van der Waals surface area contributed by atoms with E-state index in [1.165, 1.54) is 16.7 Å². The van der Waals surface area contributed by atoms with E-state index in [4.69, 9.17) is 19.7 Å². The number of para-hydroxylation sites is 1. The van der Waals surface area contributed by atoms with E-state index >= 15 is 0 Å². The van der Waals surface area contributed by atoms with Gasteiger partial charge in [-0.1, -0.05) is 146 Å². The minimum atomic E-state index is -0.596. The number of aromatic nitrogens is 4. The summed E-state index contributed by atoms with van der Waals surface area (Å²) < 4.78 is 6.85. The highest BCUT2D eigenvalue weighted by Gasteiger charge is 2.51. The Morgan fingerprint density at radius 2 is 0.983 bits per heavy atom. The van der Waals surface area contributed by atoms with Gasteiger partial charge in [0.1, 0.15) is 17.3 Å². The monoisotopic (exact) mass is 758 g/mol. The maximum atomic E-state index is 6.85. The van der Waals surface area contributed by atoms with Gasteiger partial charge in [-0.3, -0.25) is 4.98 Å². The molecule has 1 aliphatic heterocycles. The van der Waals surface area contributed by atoms with E-state index in [0.717, 1.165) is 84.0 Å². The lowest BCUT2D eigenvalue weighted by Gasteiger charge is -2.39. The third-order valence-corrected chi connectivity index (χ3v) is 12.0. The fourth-order valence-electron chi connectivity index (χ4n) is 9.28. The summed E-state index contributed by atoms with van der Waals surface area (Å²) >= 11 is 0. The van der Waals surface area contributed by atoms with Crippen LogP contribution in [0.5, 0.6) is 11.5 Å². The van der Waals surface area contributed by atoms with Gasteiger partial charge in [0, 0.05) is 39.7 Å². The van der Waals surface area contributed by atoms with Gasteiger partial charge in [-0.15, -0.1) is 0 Å². The standard InChI is InChI=1S/C54H38N4O/c1-33-29-44(34(2)55-32-33)38-23-21-36(22-24-38)39-25-28-49-51(31-39)59-50-20-12-11-19-48(50)54(49)46-18-10-9-16-42(46)45-30-40(26-27-47(45)54)52-56-35(3)57-53(58-52)43-17-8-7-15-41(43)37-13-5-4-6-14-37/h4-32H,1-3H3. The van der Waals surface area contributed by atoms with Crippen molar-refractivity contribution in [2.24, 2.45) is 0 Å². The lowest BCUT2D eigenvalue weighted by atomic mass is 9.66. The molecule has 2 aliphatic rings. The van der Waals surface area contributed by atoms with E-state index in [1.807, 2.05) is 25.3 Å². The van der Waals surface area contributed by atoms with E-state index in [0.29, 0.717) is 17.5 Å². The van der Waals surface area contributed by atoms with Gasteiger partial charge in [0.15, 0.2) is 11.6 Å². The van der Waals surface area contributed by atoms with Crippen molar-refractivity contribution in [2.45, 2.75) is 26.2 Å². The molecule has 0 amide bonds. The number of pyridine rings is 1. The van der Waals surface area contributed by atoms with E-state index in [9.17, 15) is 0 Å². The van der Waals surface area contributed by atoms with Gasteiger partial charge >= 0.3 is 0 Å². The molecular weight excluding hydrogens is 721 g/mol. The molecule has 7 aromatic carbocycles. The number of aryl methyl sites for hydroxylation is 3. The molecule has 0 saturated heterocycles. The number of nitrogens with zero attached hydrogens (tertiary/aromatic N) is 4. The molecule has 0 N–H and O–H groups in total. The zero-order valence-corrected chi connectivity index (χ0v) is 32.9. The van der Waals surface area contributed by atoms with Crippen molar-refractivity contribution >= 4 is 0 Å². The van der Waals surface area contributed by atoms with Gasteiger partial charge in [-0.25, -0.2) is 15.0 Å². The molecule has 9 aromatic rings. The summed E-state index contributed by atoms with van der Waals surface area (Å²) in [6, 6.07) is 60.4. The van der Waals surface area contributed by atoms with Gasteiger partial charge in [0.2, 0.25) is 0 Å². The SMILES string of the molecule is Cc1cnc(C)c(-c2ccc(-c3ccc4c(c3)Oc3ccccc3C43c4ccccc4-c4cc(-c5nc(C)nc(-c6ccccc6-c6ccccc6)n5)ccc43)cc2)c1. The summed E-state index contributed by atoms with van der Waals surface area (Å²) in [6.45, 7) is 6.09. The first kappa shape index (κ1) is 34.7. The maximum absolute atomic E-state index is 6.85. The Labute approximate surface area is 343 Å². The molecule has 280 valence electrons. The van der Waals surface area contributed by atoms with Crippen molar-refractivity contribution in [2.75, 3.05) is 0 Å².